The zero-order valence-electron chi connectivity index (χ0n) is 57.5. The summed E-state index contributed by atoms with van der Waals surface area (Å²) in [4.78, 5) is 13.3. The van der Waals surface area contributed by atoms with Crippen LogP contribution in [0.25, 0.3) is 0 Å². The number of carbonyl (C=O) groups excluding carboxylic acids is 1. The zero-order chi connectivity index (χ0) is 66.6. The fraction of sp³-hybridized carbons (Fsp3) is 0.731. The summed E-state index contributed by atoms with van der Waals surface area (Å²) >= 11 is 0. The Morgan fingerprint density at radius 3 is 1.20 bits per heavy atom. The van der Waals surface area contributed by atoms with E-state index >= 15 is 0 Å². The van der Waals surface area contributed by atoms with Crippen molar-refractivity contribution >= 4 is 5.91 Å². The predicted molar refractivity (Wildman–Crippen MR) is 378 cm³/mol. The van der Waals surface area contributed by atoms with Crippen LogP contribution >= 0.6 is 0 Å². The van der Waals surface area contributed by atoms with Gasteiger partial charge in [-0.05, 0) is 96.3 Å². The maximum Gasteiger partial charge on any atom is 0.220 e. The molecule has 0 bridgehead atoms. The molecule has 12 atom stereocenters. The zero-order valence-corrected chi connectivity index (χ0v) is 57.5. The first-order valence-electron chi connectivity index (χ1n) is 36.8. The van der Waals surface area contributed by atoms with E-state index in [2.05, 4.69) is 129 Å². The van der Waals surface area contributed by atoms with Crippen molar-refractivity contribution in [3.05, 3.63) is 122 Å². The summed E-state index contributed by atoms with van der Waals surface area (Å²) in [5.41, 5.74) is 0. The number of carbonyl (C=O) groups is 1. The molecule has 0 aromatic heterocycles. The average Bonchev–Trinajstić information content (AvgIpc) is 0.829. The molecule has 0 aromatic carbocycles. The molecular formula is C78H133NO13. The van der Waals surface area contributed by atoms with Gasteiger partial charge in [-0.3, -0.25) is 4.79 Å². The molecule has 12 unspecified atom stereocenters. The third kappa shape index (κ3) is 44.2. The molecule has 2 rings (SSSR count). The Labute approximate surface area is 558 Å². The van der Waals surface area contributed by atoms with Gasteiger partial charge in [0.2, 0.25) is 5.91 Å². The number of allylic oxidation sites excluding steroid dienone is 19. The van der Waals surface area contributed by atoms with Gasteiger partial charge < -0.3 is 65.1 Å². The average molecular weight is 1290 g/mol. The second-order valence-electron chi connectivity index (χ2n) is 25.3. The van der Waals surface area contributed by atoms with Crippen LogP contribution in [0.4, 0.5) is 0 Å². The van der Waals surface area contributed by atoms with E-state index in [1.54, 1.807) is 6.08 Å². The van der Waals surface area contributed by atoms with Crippen LogP contribution in [0.2, 0.25) is 0 Å². The number of rotatable bonds is 59. The van der Waals surface area contributed by atoms with Gasteiger partial charge in [0, 0.05) is 6.42 Å². The van der Waals surface area contributed by atoms with Crippen LogP contribution in [-0.4, -0.2) is 140 Å². The van der Waals surface area contributed by atoms with E-state index in [1.165, 1.54) is 141 Å². The van der Waals surface area contributed by atoms with Gasteiger partial charge in [-0.15, -0.1) is 0 Å². The van der Waals surface area contributed by atoms with Crippen molar-refractivity contribution in [1.82, 2.24) is 5.32 Å². The monoisotopic (exact) mass is 1290 g/mol. The second-order valence-corrected chi connectivity index (χ2v) is 25.3. The second kappa shape index (κ2) is 61.0. The lowest BCUT2D eigenvalue weighted by Crippen LogP contribution is -2.65. The lowest BCUT2D eigenvalue weighted by Gasteiger charge is -2.46. The van der Waals surface area contributed by atoms with E-state index in [4.69, 9.17) is 18.9 Å². The molecule has 2 fully saturated rings. The molecule has 0 saturated carbocycles. The van der Waals surface area contributed by atoms with Crippen molar-refractivity contribution in [2.75, 3.05) is 19.8 Å². The Morgan fingerprint density at radius 2 is 0.761 bits per heavy atom. The fourth-order valence-corrected chi connectivity index (χ4v) is 11.3. The number of hydrogen-bond acceptors (Lipinski definition) is 13. The summed E-state index contributed by atoms with van der Waals surface area (Å²) in [6.45, 7) is 2.68. The van der Waals surface area contributed by atoms with Crippen LogP contribution in [0.5, 0.6) is 0 Å². The first-order valence-corrected chi connectivity index (χ1v) is 36.8. The first kappa shape index (κ1) is 84.5. The first-order chi connectivity index (χ1) is 45.1. The highest BCUT2D eigenvalue weighted by Crippen LogP contribution is 2.30. The van der Waals surface area contributed by atoms with Crippen molar-refractivity contribution in [2.45, 2.75) is 344 Å². The third-order valence-electron chi connectivity index (χ3n) is 17.1. The molecule has 14 nitrogen and oxygen atoms in total. The third-order valence-corrected chi connectivity index (χ3v) is 17.1. The fourth-order valence-electron chi connectivity index (χ4n) is 11.3. The summed E-state index contributed by atoms with van der Waals surface area (Å²) in [7, 11) is 0. The topological polar surface area (TPSA) is 228 Å². The van der Waals surface area contributed by atoms with E-state index < -0.39 is 86.8 Å². The van der Waals surface area contributed by atoms with E-state index in [9.17, 15) is 45.6 Å². The van der Waals surface area contributed by atoms with Gasteiger partial charge in [-0.1, -0.05) is 289 Å². The lowest BCUT2D eigenvalue weighted by atomic mass is 9.97. The van der Waals surface area contributed by atoms with Gasteiger partial charge in [0.1, 0.15) is 48.8 Å². The van der Waals surface area contributed by atoms with Crippen LogP contribution in [0.1, 0.15) is 271 Å². The Kier molecular flexibility index (Phi) is 56.0. The van der Waals surface area contributed by atoms with Gasteiger partial charge in [-0.25, -0.2) is 0 Å². The van der Waals surface area contributed by atoms with Gasteiger partial charge >= 0.3 is 0 Å². The van der Waals surface area contributed by atoms with Gasteiger partial charge in [-0.2, -0.15) is 0 Å². The normalized spacial score (nSPS) is 23.4. The molecule has 0 radical (unpaired) electrons. The Bertz CT molecular complexity index is 2010. The maximum atomic E-state index is 13.3. The van der Waals surface area contributed by atoms with Crippen molar-refractivity contribution in [2.24, 2.45) is 0 Å². The van der Waals surface area contributed by atoms with Crippen molar-refractivity contribution < 1.29 is 64.6 Å². The molecule has 0 aromatic rings. The Morgan fingerprint density at radius 1 is 0.402 bits per heavy atom. The van der Waals surface area contributed by atoms with Crippen LogP contribution < -0.4 is 5.32 Å². The van der Waals surface area contributed by atoms with Crippen molar-refractivity contribution in [1.29, 1.82) is 0 Å². The molecule has 92 heavy (non-hydrogen) atoms. The predicted octanol–water partition coefficient (Wildman–Crippen LogP) is 15.7. The number of aliphatic hydroxyl groups excluding tert-OH is 8. The van der Waals surface area contributed by atoms with Crippen LogP contribution in [-0.2, 0) is 23.7 Å². The molecule has 2 heterocycles. The minimum Gasteiger partial charge on any atom is -0.394 e. The SMILES string of the molecule is CC/C=C\C/C=C\C/C=C\C/C=C\C/C=C\C/C=C\C/C=C\C/C=C\CCCCCCCCCCC(=O)NC(COC1OC(CO)C(OC2OC(CO)C(O)C(O)C2O)C(O)C1O)C(O)/C=C/CC/C=C/CCCCCCCCCCCCCCCCCCCCC. The van der Waals surface area contributed by atoms with Crippen LogP contribution in [0.15, 0.2) is 122 Å². The molecule has 2 aliphatic heterocycles. The highest BCUT2D eigenvalue weighted by Gasteiger charge is 2.51. The maximum absolute atomic E-state index is 13.3. The minimum atomic E-state index is -1.80. The Hall–Kier alpha value is -3.61. The van der Waals surface area contributed by atoms with E-state index in [1.807, 2.05) is 6.08 Å². The lowest BCUT2D eigenvalue weighted by molar-refractivity contribution is -0.359. The quantitative estimate of drug-likeness (QED) is 0.0204. The molecule has 0 aliphatic carbocycles. The molecule has 528 valence electrons. The molecule has 2 aliphatic rings. The van der Waals surface area contributed by atoms with Crippen LogP contribution in [0.3, 0.4) is 0 Å². The number of ether oxygens (including phenoxy) is 4. The molecule has 14 heteroatoms. The molecule has 0 spiro atoms. The van der Waals surface area contributed by atoms with E-state index in [0.717, 1.165) is 96.3 Å². The number of unbranched alkanes of at least 4 members (excludes halogenated alkanes) is 28. The van der Waals surface area contributed by atoms with Gasteiger partial charge in [0.15, 0.2) is 12.6 Å². The summed E-state index contributed by atoms with van der Waals surface area (Å²) < 4.78 is 22.9. The van der Waals surface area contributed by atoms with Crippen molar-refractivity contribution in [3.8, 4) is 0 Å². The highest BCUT2D eigenvalue weighted by atomic mass is 16.7. The standard InChI is InChI=1S/C78H133NO13/c1-3-5-7-9-11-13-15-17-19-21-23-25-27-29-30-31-32-33-34-35-36-38-40-42-44-46-48-50-52-54-56-58-60-62-70(83)79-66(65-89-77-75(88)73(86)76(69(64-81)91-77)92-78-74(87)72(85)71(84)68(63-80)90-78)67(82)61-59-57-55-53-51-49-47-45-43-41-39-37-28-26-24-22-20-18-16-14-12-10-8-6-4-2/h5,7,11,13,17,19,23,25,29-30,32-33,35-36,40,42,51,53,59,61,66-69,71-78,80-82,84-88H,3-4,6,8-10,12,14-16,18,20-22,24,26-28,31,34,37-39,41,43-50,52,54-58,60,62-65H2,1-2H3,(H,79,83)/b7-5-,13-11-,19-17-,25-23-,30-29-,33-32-,36-35-,42-40-,53-51+,61-59+. The van der Waals surface area contributed by atoms with Crippen LogP contribution in [0, 0.1) is 0 Å². The number of hydrogen-bond donors (Lipinski definition) is 9. The largest absolute Gasteiger partial charge is 0.394 e. The van der Waals surface area contributed by atoms with Crippen molar-refractivity contribution in [3.63, 3.8) is 0 Å². The Balaban J connectivity index is 1.69. The summed E-state index contributed by atoms with van der Waals surface area (Å²) in [5.74, 6) is -0.261. The van der Waals surface area contributed by atoms with E-state index in [-0.39, 0.29) is 18.9 Å². The number of nitrogens with one attached hydrogen (secondary N) is 1. The molecule has 1 amide bonds. The molecule has 9 N–H and O–H groups in total. The smallest absolute Gasteiger partial charge is 0.220 e. The van der Waals surface area contributed by atoms with Gasteiger partial charge in [0.05, 0.1) is 32.0 Å². The number of amides is 1. The summed E-state index contributed by atoms with van der Waals surface area (Å²) in [5, 5.41) is 87.5. The minimum absolute atomic E-state index is 0.256. The summed E-state index contributed by atoms with van der Waals surface area (Å²) in [6.07, 6.45) is 72.5. The molecular weight excluding hydrogens is 1160 g/mol. The molecule has 2 saturated heterocycles. The summed E-state index contributed by atoms with van der Waals surface area (Å²) in [6, 6.07) is -0.947. The number of aliphatic hydroxyl groups is 8. The highest BCUT2D eigenvalue weighted by molar-refractivity contribution is 5.76. The van der Waals surface area contributed by atoms with Gasteiger partial charge in [0.25, 0.3) is 0 Å². The van der Waals surface area contributed by atoms with E-state index in [0.29, 0.717) is 12.8 Å².